The molecule has 0 aliphatic carbocycles. The Hall–Kier alpha value is -3.10. The molecule has 0 atom stereocenters. The van der Waals surface area contributed by atoms with E-state index in [1.165, 1.54) is 6.07 Å². The minimum Gasteiger partial charge on any atom is -0.374 e. The van der Waals surface area contributed by atoms with Crippen LogP contribution in [-0.4, -0.2) is 33.2 Å². The number of hydrazone groups is 2. The van der Waals surface area contributed by atoms with Gasteiger partial charge < -0.3 is 5.73 Å². The monoisotopic (exact) mass is 399 g/mol. The molecule has 0 fully saturated rings. The number of halogens is 1. The van der Waals surface area contributed by atoms with E-state index in [0.717, 1.165) is 5.01 Å². The van der Waals surface area contributed by atoms with Crippen molar-refractivity contribution in [2.45, 2.75) is 6.92 Å². The van der Waals surface area contributed by atoms with Gasteiger partial charge in [-0.2, -0.15) is 15.2 Å². The van der Waals surface area contributed by atoms with E-state index in [0.29, 0.717) is 27.5 Å². The predicted molar refractivity (Wildman–Crippen MR) is 109 cm³/mol. The average Bonchev–Trinajstić information content (AvgIpc) is 2.95. The number of ketones is 1. The molecular formula is C18H14ClN5O2S. The quantitative estimate of drug-likeness (QED) is 0.467. The Morgan fingerprint density at radius 2 is 1.96 bits per heavy atom. The maximum atomic E-state index is 12.8. The van der Waals surface area contributed by atoms with Crippen molar-refractivity contribution < 1.29 is 9.59 Å². The third-order valence-corrected chi connectivity index (χ3v) is 4.15. The van der Waals surface area contributed by atoms with Crippen LogP contribution in [0.2, 0.25) is 5.02 Å². The summed E-state index contributed by atoms with van der Waals surface area (Å²) in [6.45, 7) is 1.61. The number of thiocarbonyl (C=S) groups is 1. The third-order valence-electron chi connectivity index (χ3n) is 3.75. The number of nitrogens with one attached hydrogen (secondary N) is 1. The summed E-state index contributed by atoms with van der Waals surface area (Å²) in [6, 6.07) is 13.5. The lowest BCUT2D eigenvalue weighted by atomic mass is 10.0. The number of nitrogens with zero attached hydrogens (tertiary/aromatic N) is 3. The second-order valence-corrected chi connectivity index (χ2v) is 6.45. The molecule has 0 saturated heterocycles. The largest absolute Gasteiger partial charge is 0.374 e. The highest BCUT2D eigenvalue weighted by Gasteiger charge is 2.31. The Kier molecular flexibility index (Phi) is 5.29. The standard InChI is InChI=1S/C18H14ClN5O2S/c1-10-15(17(26)24(23-10)18(20)27)22-21-14-8-7-12(19)9-13(14)16(25)11-5-3-2-4-6-11/h2-9,21H,1H3,(H2,20,27)/b22-15+. The minimum absolute atomic E-state index is 0.0517. The Bertz CT molecular complexity index is 1000. The Balaban J connectivity index is 1.93. The molecule has 3 N–H and O–H groups in total. The van der Waals surface area contributed by atoms with Crippen LogP contribution >= 0.6 is 23.8 Å². The summed E-state index contributed by atoms with van der Waals surface area (Å²) >= 11 is 10.8. The number of anilines is 1. The topological polar surface area (TPSA) is 100 Å². The Labute approximate surface area is 165 Å². The van der Waals surface area contributed by atoms with Crippen molar-refractivity contribution in [3.8, 4) is 0 Å². The van der Waals surface area contributed by atoms with Crippen molar-refractivity contribution in [3.05, 3.63) is 64.7 Å². The van der Waals surface area contributed by atoms with Crippen LogP contribution in [0.25, 0.3) is 0 Å². The first-order chi connectivity index (χ1) is 12.9. The van der Waals surface area contributed by atoms with Crippen LogP contribution < -0.4 is 11.2 Å². The van der Waals surface area contributed by atoms with E-state index in [1.807, 2.05) is 6.07 Å². The molecule has 9 heteroatoms. The predicted octanol–water partition coefficient (Wildman–Crippen LogP) is 2.80. The Morgan fingerprint density at radius 3 is 2.59 bits per heavy atom. The number of carbonyl (C=O) groups is 2. The number of carbonyl (C=O) groups excluding carboxylic acids is 2. The SMILES string of the molecule is CC1=NN(C(N)=S)C(=O)/C1=N/Nc1ccc(Cl)cc1C(=O)c1ccccc1. The molecular weight excluding hydrogens is 386 g/mol. The molecule has 7 nitrogen and oxygen atoms in total. The van der Waals surface area contributed by atoms with E-state index in [4.69, 9.17) is 29.6 Å². The fraction of sp³-hybridized carbons (Fsp3) is 0.0556. The first-order valence-electron chi connectivity index (χ1n) is 7.81. The minimum atomic E-state index is -0.544. The summed E-state index contributed by atoms with van der Waals surface area (Å²) in [7, 11) is 0. The molecule has 27 heavy (non-hydrogen) atoms. The Morgan fingerprint density at radius 1 is 1.26 bits per heavy atom. The van der Waals surface area contributed by atoms with Crippen molar-refractivity contribution in [3.63, 3.8) is 0 Å². The van der Waals surface area contributed by atoms with Crippen molar-refractivity contribution in [2.75, 3.05) is 5.43 Å². The number of hydrogen-bond donors (Lipinski definition) is 2. The maximum absolute atomic E-state index is 12.8. The first kappa shape index (κ1) is 18.7. The van der Waals surface area contributed by atoms with Crippen LogP contribution in [0, 0.1) is 0 Å². The van der Waals surface area contributed by atoms with E-state index in [9.17, 15) is 9.59 Å². The first-order valence-corrected chi connectivity index (χ1v) is 8.59. The summed E-state index contributed by atoms with van der Waals surface area (Å²) in [4.78, 5) is 25.1. The fourth-order valence-corrected chi connectivity index (χ4v) is 2.73. The van der Waals surface area contributed by atoms with Crippen molar-refractivity contribution in [2.24, 2.45) is 15.9 Å². The van der Waals surface area contributed by atoms with Crippen molar-refractivity contribution in [1.29, 1.82) is 0 Å². The molecule has 3 rings (SSSR count). The molecule has 1 heterocycles. The number of benzene rings is 2. The van der Waals surface area contributed by atoms with Gasteiger partial charge in [0.05, 0.1) is 11.4 Å². The summed E-state index contributed by atoms with van der Waals surface area (Å²) in [5.41, 5.74) is 9.84. The van der Waals surface area contributed by atoms with Crippen LogP contribution in [0.15, 0.2) is 58.7 Å². The molecule has 0 unspecified atom stereocenters. The van der Waals surface area contributed by atoms with Gasteiger partial charge in [-0.1, -0.05) is 41.9 Å². The van der Waals surface area contributed by atoms with Gasteiger partial charge in [0.25, 0.3) is 0 Å². The molecule has 0 aromatic heterocycles. The highest BCUT2D eigenvalue weighted by Crippen LogP contribution is 2.24. The molecule has 2 aromatic carbocycles. The van der Waals surface area contributed by atoms with Crippen LogP contribution in [-0.2, 0) is 4.79 Å². The molecule has 0 bridgehead atoms. The van der Waals surface area contributed by atoms with Crippen LogP contribution in [0.4, 0.5) is 5.69 Å². The average molecular weight is 400 g/mol. The highest BCUT2D eigenvalue weighted by molar-refractivity contribution is 7.80. The zero-order chi connectivity index (χ0) is 19.6. The zero-order valence-electron chi connectivity index (χ0n) is 14.1. The van der Waals surface area contributed by atoms with Gasteiger partial charge in [-0.15, -0.1) is 0 Å². The van der Waals surface area contributed by atoms with Gasteiger partial charge in [0.2, 0.25) is 0 Å². The van der Waals surface area contributed by atoms with Gasteiger partial charge in [0.1, 0.15) is 0 Å². The van der Waals surface area contributed by atoms with Gasteiger partial charge in [0.15, 0.2) is 16.6 Å². The van der Waals surface area contributed by atoms with E-state index >= 15 is 0 Å². The highest BCUT2D eigenvalue weighted by atomic mass is 35.5. The molecule has 0 saturated carbocycles. The molecule has 2 aromatic rings. The number of rotatable bonds is 4. The number of hydrogen-bond acceptors (Lipinski definition) is 6. The molecule has 1 aliphatic heterocycles. The smallest absolute Gasteiger partial charge is 0.303 e. The van der Waals surface area contributed by atoms with Gasteiger partial charge >= 0.3 is 5.91 Å². The van der Waals surface area contributed by atoms with Crippen molar-refractivity contribution in [1.82, 2.24) is 5.01 Å². The molecule has 0 radical (unpaired) electrons. The summed E-state index contributed by atoms with van der Waals surface area (Å²) in [5.74, 6) is -0.772. The lowest BCUT2D eigenvalue weighted by Crippen LogP contribution is -2.36. The van der Waals surface area contributed by atoms with Gasteiger partial charge in [-0.05, 0) is 37.3 Å². The number of nitrogens with two attached hydrogens (primary N) is 1. The summed E-state index contributed by atoms with van der Waals surface area (Å²) < 4.78 is 0. The second-order valence-electron chi connectivity index (χ2n) is 5.60. The van der Waals surface area contributed by atoms with Gasteiger partial charge in [-0.3, -0.25) is 15.0 Å². The van der Waals surface area contributed by atoms with E-state index in [1.54, 1.807) is 43.3 Å². The van der Waals surface area contributed by atoms with Crippen molar-refractivity contribution >= 4 is 57.7 Å². The lowest BCUT2D eigenvalue weighted by Gasteiger charge is -2.10. The molecule has 136 valence electrons. The summed E-state index contributed by atoms with van der Waals surface area (Å²) in [5, 5.41) is 9.17. The van der Waals surface area contributed by atoms with Gasteiger partial charge in [0, 0.05) is 16.1 Å². The molecule has 1 amide bonds. The zero-order valence-corrected chi connectivity index (χ0v) is 15.7. The van der Waals surface area contributed by atoms with E-state index in [-0.39, 0.29) is 16.6 Å². The van der Waals surface area contributed by atoms with Crippen LogP contribution in [0.3, 0.4) is 0 Å². The third kappa shape index (κ3) is 3.86. The summed E-state index contributed by atoms with van der Waals surface area (Å²) in [6.07, 6.45) is 0. The second kappa shape index (κ2) is 7.65. The van der Waals surface area contributed by atoms with E-state index < -0.39 is 5.91 Å². The van der Waals surface area contributed by atoms with Crippen LogP contribution in [0.1, 0.15) is 22.8 Å². The van der Waals surface area contributed by atoms with Gasteiger partial charge in [-0.25, -0.2) is 0 Å². The molecule has 1 aliphatic rings. The normalized spacial score (nSPS) is 15.0. The lowest BCUT2D eigenvalue weighted by molar-refractivity contribution is -0.119. The number of amides is 1. The van der Waals surface area contributed by atoms with Crippen LogP contribution in [0.5, 0.6) is 0 Å². The fourth-order valence-electron chi connectivity index (χ4n) is 2.44. The maximum Gasteiger partial charge on any atom is 0.303 e. The van der Waals surface area contributed by atoms with E-state index in [2.05, 4.69) is 15.6 Å². The molecule has 0 spiro atoms.